The monoisotopic (exact) mass is 438 g/mol. The van der Waals surface area contributed by atoms with E-state index in [0.717, 1.165) is 56.2 Å². The van der Waals surface area contributed by atoms with Crippen molar-refractivity contribution in [3.8, 4) is 23.7 Å². The molecule has 0 saturated carbocycles. The van der Waals surface area contributed by atoms with Crippen LogP contribution >= 0.6 is 0 Å². The van der Waals surface area contributed by atoms with E-state index in [4.69, 9.17) is 4.42 Å². The van der Waals surface area contributed by atoms with Gasteiger partial charge < -0.3 is 4.42 Å². The molecule has 0 saturated heterocycles. The van der Waals surface area contributed by atoms with Crippen LogP contribution < -0.4 is 0 Å². The first-order valence-electron chi connectivity index (χ1n) is 11.8. The van der Waals surface area contributed by atoms with Crippen LogP contribution in [0.2, 0.25) is 0 Å². The Morgan fingerprint density at radius 3 is 2.12 bits per heavy atom. The maximum atomic E-state index is 5.98. The lowest BCUT2D eigenvalue weighted by atomic mass is 10.0. The van der Waals surface area contributed by atoms with Crippen molar-refractivity contribution in [3.63, 3.8) is 0 Å². The minimum absolute atomic E-state index is 0.869. The van der Waals surface area contributed by atoms with Crippen LogP contribution in [0.25, 0.3) is 21.9 Å². The number of aryl methyl sites for hydroxylation is 2. The van der Waals surface area contributed by atoms with Gasteiger partial charge in [-0.05, 0) is 85.5 Å². The molecule has 1 heteroatoms. The topological polar surface area (TPSA) is 13.1 Å². The molecule has 5 rings (SSSR count). The van der Waals surface area contributed by atoms with Gasteiger partial charge in [0.05, 0.1) is 0 Å². The molecule has 0 aliphatic rings. The van der Waals surface area contributed by atoms with E-state index in [1.165, 1.54) is 18.4 Å². The SMILES string of the molecule is CCCCc1ccc(C#Cc2ccc(C#Cc3ccc4c(c3)oc3ccccc34)cc2C)cc1. The molecule has 0 bridgehead atoms. The average Bonchev–Trinajstić information content (AvgIpc) is 3.24. The first kappa shape index (κ1) is 21.6. The van der Waals surface area contributed by atoms with Crippen LogP contribution in [0.15, 0.2) is 89.3 Å². The van der Waals surface area contributed by atoms with Crippen LogP contribution in [0.4, 0.5) is 0 Å². The van der Waals surface area contributed by atoms with Crippen molar-refractivity contribution >= 4 is 21.9 Å². The normalized spacial score (nSPS) is 10.5. The van der Waals surface area contributed by atoms with Gasteiger partial charge in [-0.25, -0.2) is 0 Å². The summed E-state index contributed by atoms with van der Waals surface area (Å²) in [6.07, 6.45) is 3.59. The van der Waals surface area contributed by atoms with Gasteiger partial charge in [0, 0.05) is 33.0 Å². The molecule has 0 radical (unpaired) electrons. The Morgan fingerprint density at radius 2 is 1.32 bits per heavy atom. The Labute approximate surface area is 201 Å². The molecule has 0 atom stereocenters. The van der Waals surface area contributed by atoms with Crippen LogP contribution in [0.1, 0.15) is 53.1 Å². The molecule has 4 aromatic carbocycles. The van der Waals surface area contributed by atoms with Crippen LogP contribution in [-0.2, 0) is 6.42 Å². The molecular formula is C33H26O. The van der Waals surface area contributed by atoms with Gasteiger partial charge in [-0.1, -0.05) is 67.4 Å². The lowest BCUT2D eigenvalue weighted by Crippen LogP contribution is -1.86. The number of hydrogen-bond donors (Lipinski definition) is 0. The van der Waals surface area contributed by atoms with Gasteiger partial charge in [0.2, 0.25) is 0 Å². The van der Waals surface area contributed by atoms with E-state index >= 15 is 0 Å². The number of para-hydroxylation sites is 1. The third-order valence-electron chi connectivity index (χ3n) is 6.07. The maximum absolute atomic E-state index is 5.98. The maximum Gasteiger partial charge on any atom is 0.136 e. The van der Waals surface area contributed by atoms with Gasteiger partial charge in [-0.2, -0.15) is 0 Å². The van der Waals surface area contributed by atoms with Crippen molar-refractivity contribution in [2.45, 2.75) is 33.1 Å². The van der Waals surface area contributed by atoms with Gasteiger partial charge in [0.25, 0.3) is 0 Å². The summed E-state index contributed by atoms with van der Waals surface area (Å²) in [6.45, 7) is 4.31. The minimum atomic E-state index is 0.869. The summed E-state index contributed by atoms with van der Waals surface area (Å²) in [5, 5.41) is 2.26. The third-order valence-corrected chi connectivity index (χ3v) is 6.07. The highest BCUT2D eigenvalue weighted by molar-refractivity contribution is 6.05. The van der Waals surface area contributed by atoms with Crippen molar-refractivity contribution in [3.05, 3.63) is 118 Å². The highest BCUT2D eigenvalue weighted by atomic mass is 16.3. The first-order chi connectivity index (χ1) is 16.7. The van der Waals surface area contributed by atoms with E-state index in [1.807, 2.05) is 30.3 Å². The number of benzene rings is 4. The Kier molecular flexibility index (Phi) is 6.20. The lowest BCUT2D eigenvalue weighted by molar-refractivity contribution is 0.669. The van der Waals surface area contributed by atoms with E-state index in [0.29, 0.717) is 0 Å². The fraction of sp³-hybridized carbons (Fsp3) is 0.152. The Hall–Kier alpha value is -4.20. The molecule has 0 N–H and O–H groups in total. The molecule has 0 aliphatic heterocycles. The molecule has 164 valence electrons. The molecule has 0 fully saturated rings. The highest BCUT2D eigenvalue weighted by Crippen LogP contribution is 2.28. The molecule has 1 nitrogen and oxygen atoms in total. The summed E-state index contributed by atoms with van der Waals surface area (Å²) in [6, 6.07) is 29.1. The second kappa shape index (κ2) is 9.74. The van der Waals surface area contributed by atoms with Crippen LogP contribution in [0, 0.1) is 30.6 Å². The molecule has 0 aliphatic carbocycles. The van der Waals surface area contributed by atoms with E-state index in [1.54, 1.807) is 0 Å². The Balaban J connectivity index is 1.33. The Bertz CT molecular complexity index is 1590. The minimum Gasteiger partial charge on any atom is -0.456 e. The van der Waals surface area contributed by atoms with Crippen molar-refractivity contribution in [1.29, 1.82) is 0 Å². The predicted octanol–water partition coefficient (Wildman–Crippen LogP) is 8.04. The van der Waals surface area contributed by atoms with Crippen molar-refractivity contribution < 1.29 is 4.42 Å². The smallest absolute Gasteiger partial charge is 0.136 e. The van der Waals surface area contributed by atoms with Gasteiger partial charge in [0.15, 0.2) is 0 Å². The van der Waals surface area contributed by atoms with Crippen LogP contribution in [0.5, 0.6) is 0 Å². The highest BCUT2D eigenvalue weighted by Gasteiger charge is 2.06. The Morgan fingerprint density at radius 1 is 0.647 bits per heavy atom. The van der Waals surface area contributed by atoms with E-state index in [9.17, 15) is 0 Å². The van der Waals surface area contributed by atoms with Crippen molar-refractivity contribution in [2.24, 2.45) is 0 Å². The zero-order valence-corrected chi connectivity index (χ0v) is 19.6. The second-order valence-electron chi connectivity index (χ2n) is 8.64. The summed E-state index contributed by atoms with van der Waals surface area (Å²) >= 11 is 0. The largest absolute Gasteiger partial charge is 0.456 e. The number of unbranched alkanes of at least 4 members (excludes halogenated alkanes) is 1. The molecule has 34 heavy (non-hydrogen) atoms. The predicted molar refractivity (Wildman–Crippen MR) is 142 cm³/mol. The molecule has 0 unspecified atom stereocenters. The molecule has 1 heterocycles. The van der Waals surface area contributed by atoms with E-state index < -0.39 is 0 Å². The average molecular weight is 439 g/mol. The quantitative estimate of drug-likeness (QED) is 0.260. The zero-order chi connectivity index (χ0) is 23.3. The second-order valence-corrected chi connectivity index (χ2v) is 8.64. The molecular weight excluding hydrogens is 412 g/mol. The number of furan rings is 1. The summed E-state index contributed by atoms with van der Waals surface area (Å²) in [5.74, 6) is 13.2. The number of hydrogen-bond acceptors (Lipinski definition) is 1. The zero-order valence-electron chi connectivity index (χ0n) is 19.6. The number of fused-ring (bicyclic) bond motifs is 3. The number of rotatable bonds is 3. The first-order valence-corrected chi connectivity index (χ1v) is 11.8. The van der Waals surface area contributed by atoms with Crippen molar-refractivity contribution in [1.82, 2.24) is 0 Å². The molecule has 0 amide bonds. The van der Waals surface area contributed by atoms with Gasteiger partial charge in [0.1, 0.15) is 11.2 Å². The van der Waals surface area contributed by atoms with Gasteiger partial charge >= 0.3 is 0 Å². The summed E-state index contributed by atoms with van der Waals surface area (Å²) in [4.78, 5) is 0. The van der Waals surface area contributed by atoms with Gasteiger partial charge in [-0.15, -0.1) is 0 Å². The molecule has 5 aromatic rings. The van der Waals surface area contributed by atoms with Crippen molar-refractivity contribution in [2.75, 3.05) is 0 Å². The molecule has 0 spiro atoms. The summed E-state index contributed by atoms with van der Waals surface area (Å²) in [5.41, 5.74) is 8.28. The van der Waals surface area contributed by atoms with Crippen LogP contribution in [0.3, 0.4) is 0 Å². The lowest BCUT2D eigenvalue weighted by Gasteiger charge is -2.00. The van der Waals surface area contributed by atoms with E-state index in [-0.39, 0.29) is 0 Å². The van der Waals surface area contributed by atoms with E-state index in [2.05, 4.69) is 92.1 Å². The standard InChI is InChI=1S/C33H26O/c1-3-4-7-25-10-12-26(13-11-25)16-19-29-20-17-27(22-24(29)2)14-15-28-18-21-31-30-8-5-6-9-32(30)34-33(31)23-28/h5-6,8-13,17-18,20-23H,3-4,7H2,1-2H3. The molecule has 1 aromatic heterocycles. The van der Waals surface area contributed by atoms with Gasteiger partial charge in [-0.3, -0.25) is 0 Å². The fourth-order valence-electron chi connectivity index (χ4n) is 4.10. The summed E-state index contributed by atoms with van der Waals surface area (Å²) in [7, 11) is 0. The third kappa shape index (κ3) is 4.76. The fourth-order valence-corrected chi connectivity index (χ4v) is 4.10. The summed E-state index contributed by atoms with van der Waals surface area (Å²) < 4.78 is 5.98. The van der Waals surface area contributed by atoms with Crippen LogP contribution in [-0.4, -0.2) is 0 Å².